The van der Waals surface area contributed by atoms with Crippen molar-refractivity contribution in [2.24, 2.45) is 5.73 Å². The van der Waals surface area contributed by atoms with Gasteiger partial charge in [0.2, 0.25) is 5.91 Å². The first-order valence-electron chi connectivity index (χ1n) is 7.63. The molecule has 130 valence electrons. The van der Waals surface area contributed by atoms with E-state index in [1.807, 2.05) is 24.3 Å². The minimum Gasteiger partial charge on any atom is -0.361 e. The molecule has 0 saturated carbocycles. The van der Waals surface area contributed by atoms with Crippen LogP contribution in [0.5, 0.6) is 0 Å². The summed E-state index contributed by atoms with van der Waals surface area (Å²) < 4.78 is 38.2. The van der Waals surface area contributed by atoms with Crippen molar-refractivity contribution in [1.82, 2.24) is 4.98 Å². The maximum atomic E-state index is 12.7. The third-order valence-corrected chi connectivity index (χ3v) is 3.91. The number of H-pyrrole nitrogens is 1. The number of halogens is 3. The highest BCUT2D eigenvalue weighted by molar-refractivity contribution is 5.95. The summed E-state index contributed by atoms with van der Waals surface area (Å²) in [5, 5.41) is 3.40. The molecular formula is C18H16F3N3O. The fourth-order valence-corrected chi connectivity index (χ4v) is 2.64. The SMILES string of the molecule is N[C@@H](Cc1c[nH]c2ccccc12)C(=O)Nc1cccc(C(F)(F)F)c1. The van der Waals surface area contributed by atoms with E-state index in [0.29, 0.717) is 0 Å². The standard InChI is InChI=1S/C18H16F3N3O/c19-18(20,21)12-4-3-5-13(9-12)24-17(25)15(22)8-11-10-23-16-7-2-1-6-14(11)16/h1-7,9-10,15,23H,8,22H2,(H,24,25)/t15-/m0/s1. The van der Waals surface area contributed by atoms with Crippen LogP contribution in [0.25, 0.3) is 10.9 Å². The van der Waals surface area contributed by atoms with Crippen molar-refractivity contribution >= 4 is 22.5 Å². The van der Waals surface area contributed by atoms with Gasteiger partial charge in [-0.25, -0.2) is 0 Å². The Labute approximate surface area is 141 Å². The summed E-state index contributed by atoms with van der Waals surface area (Å²) >= 11 is 0. The highest BCUT2D eigenvalue weighted by Gasteiger charge is 2.30. The molecule has 1 aromatic heterocycles. The zero-order valence-electron chi connectivity index (χ0n) is 13.1. The first-order chi connectivity index (χ1) is 11.8. The molecule has 1 atom stereocenters. The highest BCUT2D eigenvalue weighted by atomic mass is 19.4. The number of rotatable bonds is 4. The van der Waals surface area contributed by atoms with Crippen LogP contribution in [0.2, 0.25) is 0 Å². The van der Waals surface area contributed by atoms with Crippen molar-refractivity contribution in [3.8, 4) is 0 Å². The van der Waals surface area contributed by atoms with Crippen LogP contribution in [0.1, 0.15) is 11.1 Å². The molecule has 25 heavy (non-hydrogen) atoms. The molecule has 1 heterocycles. The van der Waals surface area contributed by atoms with Crippen molar-refractivity contribution in [3.05, 3.63) is 65.9 Å². The van der Waals surface area contributed by atoms with E-state index in [9.17, 15) is 18.0 Å². The van der Waals surface area contributed by atoms with E-state index in [0.717, 1.165) is 28.6 Å². The number of fused-ring (bicyclic) bond motifs is 1. The van der Waals surface area contributed by atoms with E-state index in [-0.39, 0.29) is 12.1 Å². The summed E-state index contributed by atoms with van der Waals surface area (Å²) in [6, 6.07) is 11.2. The normalized spacial score (nSPS) is 13.0. The molecule has 0 radical (unpaired) electrons. The maximum Gasteiger partial charge on any atom is 0.416 e. The fraction of sp³-hybridized carbons (Fsp3) is 0.167. The molecule has 4 N–H and O–H groups in total. The Morgan fingerprint density at radius 3 is 2.68 bits per heavy atom. The quantitative estimate of drug-likeness (QED) is 0.673. The number of nitrogens with two attached hydrogens (primary N) is 1. The Morgan fingerprint density at radius 1 is 1.16 bits per heavy atom. The van der Waals surface area contributed by atoms with E-state index in [1.54, 1.807) is 6.20 Å². The van der Waals surface area contributed by atoms with Gasteiger partial charge in [0.25, 0.3) is 0 Å². The topological polar surface area (TPSA) is 70.9 Å². The molecule has 0 fully saturated rings. The van der Waals surface area contributed by atoms with E-state index >= 15 is 0 Å². The third-order valence-electron chi connectivity index (χ3n) is 3.91. The molecule has 0 aliphatic rings. The Bertz CT molecular complexity index is 902. The average Bonchev–Trinajstić information content (AvgIpc) is 2.97. The number of alkyl halides is 3. The first-order valence-corrected chi connectivity index (χ1v) is 7.63. The number of hydrogen-bond acceptors (Lipinski definition) is 2. The number of nitrogens with one attached hydrogen (secondary N) is 2. The number of carbonyl (C=O) groups excluding carboxylic acids is 1. The molecule has 0 spiro atoms. The largest absolute Gasteiger partial charge is 0.416 e. The summed E-state index contributed by atoms with van der Waals surface area (Å²) in [7, 11) is 0. The van der Waals surface area contributed by atoms with Crippen LogP contribution >= 0.6 is 0 Å². The Kier molecular flexibility index (Phi) is 4.50. The molecule has 0 bridgehead atoms. The van der Waals surface area contributed by atoms with Crippen LogP contribution in [0.4, 0.5) is 18.9 Å². The van der Waals surface area contributed by atoms with Crippen LogP contribution < -0.4 is 11.1 Å². The number of anilines is 1. The second-order valence-electron chi connectivity index (χ2n) is 5.74. The van der Waals surface area contributed by atoms with Crippen molar-refractivity contribution in [1.29, 1.82) is 0 Å². The number of aromatic amines is 1. The lowest BCUT2D eigenvalue weighted by molar-refractivity contribution is -0.137. The summed E-state index contributed by atoms with van der Waals surface area (Å²) in [4.78, 5) is 15.3. The minimum absolute atomic E-state index is 0.0641. The smallest absolute Gasteiger partial charge is 0.361 e. The molecule has 0 saturated heterocycles. The minimum atomic E-state index is -4.47. The van der Waals surface area contributed by atoms with E-state index in [4.69, 9.17) is 5.73 Å². The molecule has 4 nitrogen and oxygen atoms in total. The molecule has 0 aliphatic carbocycles. The number of benzene rings is 2. The monoisotopic (exact) mass is 347 g/mol. The van der Waals surface area contributed by atoms with Gasteiger partial charge in [-0.2, -0.15) is 13.2 Å². The van der Waals surface area contributed by atoms with E-state index < -0.39 is 23.7 Å². The lowest BCUT2D eigenvalue weighted by Crippen LogP contribution is -2.37. The molecule has 1 amide bonds. The highest BCUT2D eigenvalue weighted by Crippen LogP contribution is 2.30. The van der Waals surface area contributed by atoms with Gasteiger partial charge < -0.3 is 16.0 Å². The van der Waals surface area contributed by atoms with Gasteiger partial charge in [0.15, 0.2) is 0 Å². The van der Waals surface area contributed by atoms with Gasteiger partial charge in [-0.05, 0) is 36.2 Å². The Balaban J connectivity index is 1.71. The van der Waals surface area contributed by atoms with E-state index in [1.165, 1.54) is 12.1 Å². The number of aromatic nitrogens is 1. The molecule has 0 aliphatic heterocycles. The lowest BCUT2D eigenvalue weighted by atomic mass is 10.0. The van der Waals surface area contributed by atoms with Crippen molar-refractivity contribution in [2.75, 3.05) is 5.32 Å². The fourth-order valence-electron chi connectivity index (χ4n) is 2.64. The summed E-state index contributed by atoms with van der Waals surface area (Å²) in [6.07, 6.45) is -2.41. The Hall–Kier alpha value is -2.80. The molecule has 2 aromatic carbocycles. The van der Waals surface area contributed by atoms with Crippen LogP contribution in [0, 0.1) is 0 Å². The molecular weight excluding hydrogens is 331 g/mol. The van der Waals surface area contributed by atoms with Gasteiger partial charge in [0.1, 0.15) is 0 Å². The summed E-state index contributed by atoms with van der Waals surface area (Å²) in [6.45, 7) is 0. The van der Waals surface area contributed by atoms with E-state index in [2.05, 4.69) is 10.3 Å². The van der Waals surface area contributed by atoms with Gasteiger partial charge in [-0.15, -0.1) is 0 Å². The predicted octanol–water partition coefficient (Wildman–Crippen LogP) is 3.70. The predicted molar refractivity (Wildman–Crippen MR) is 90.1 cm³/mol. The number of hydrogen-bond donors (Lipinski definition) is 3. The van der Waals surface area contributed by atoms with Gasteiger partial charge in [0.05, 0.1) is 11.6 Å². The van der Waals surface area contributed by atoms with Gasteiger partial charge in [-0.1, -0.05) is 24.3 Å². The lowest BCUT2D eigenvalue weighted by Gasteiger charge is -2.13. The Morgan fingerprint density at radius 2 is 1.92 bits per heavy atom. The maximum absolute atomic E-state index is 12.7. The van der Waals surface area contributed by atoms with Crippen molar-refractivity contribution < 1.29 is 18.0 Å². The second kappa shape index (κ2) is 6.60. The van der Waals surface area contributed by atoms with Crippen LogP contribution in [-0.2, 0) is 17.4 Å². The first kappa shape index (κ1) is 17.0. The number of para-hydroxylation sites is 1. The number of carbonyl (C=O) groups is 1. The van der Waals surface area contributed by atoms with Crippen molar-refractivity contribution in [3.63, 3.8) is 0 Å². The van der Waals surface area contributed by atoms with Gasteiger partial charge in [0, 0.05) is 22.8 Å². The molecule has 7 heteroatoms. The second-order valence-corrected chi connectivity index (χ2v) is 5.74. The third kappa shape index (κ3) is 3.83. The molecule has 3 aromatic rings. The van der Waals surface area contributed by atoms with Gasteiger partial charge >= 0.3 is 6.18 Å². The van der Waals surface area contributed by atoms with Crippen LogP contribution in [0.3, 0.4) is 0 Å². The number of amides is 1. The molecule has 0 unspecified atom stereocenters. The molecule has 3 rings (SSSR count). The van der Waals surface area contributed by atoms with Crippen LogP contribution in [0.15, 0.2) is 54.7 Å². The van der Waals surface area contributed by atoms with Crippen LogP contribution in [-0.4, -0.2) is 16.9 Å². The van der Waals surface area contributed by atoms with Crippen molar-refractivity contribution in [2.45, 2.75) is 18.6 Å². The summed E-state index contributed by atoms with van der Waals surface area (Å²) in [5.74, 6) is -0.537. The zero-order valence-corrected chi connectivity index (χ0v) is 13.1. The summed E-state index contributed by atoms with van der Waals surface area (Å²) in [5.41, 5.74) is 6.97. The zero-order chi connectivity index (χ0) is 18.0. The average molecular weight is 347 g/mol. The van der Waals surface area contributed by atoms with Gasteiger partial charge in [-0.3, -0.25) is 4.79 Å².